The summed E-state index contributed by atoms with van der Waals surface area (Å²) in [5, 5.41) is 0. The lowest BCUT2D eigenvalue weighted by Gasteiger charge is -2.34. The van der Waals surface area contributed by atoms with Crippen LogP contribution in [0.3, 0.4) is 0 Å². The molecule has 5 heteroatoms. The van der Waals surface area contributed by atoms with Gasteiger partial charge in [0.15, 0.2) is 16.3 Å². The van der Waals surface area contributed by atoms with E-state index in [2.05, 4.69) is 16.5 Å². The molecular formula is C16H21FN2OS. The predicted molar refractivity (Wildman–Crippen MR) is 84.8 cm³/mol. The van der Waals surface area contributed by atoms with E-state index in [1.165, 1.54) is 45.3 Å². The molecule has 1 aromatic heterocycles. The fraction of sp³-hybridized carbons (Fsp3) is 0.562. The van der Waals surface area contributed by atoms with Crippen molar-refractivity contribution in [2.24, 2.45) is 5.41 Å². The van der Waals surface area contributed by atoms with Gasteiger partial charge >= 0.3 is 0 Å². The normalized spacial score (nSPS) is 18.0. The van der Waals surface area contributed by atoms with E-state index in [1.807, 2.05) is 0 Å². The molecule has 0 aliphatic heterocycles. The highest BCUT2D eigenvalue weighted by Gasteiger charge is 2.28. The van der Waals surface area contributed by atoms with Gasteiger partial charge in [0.25, 0.3) is 0 Å². The number of halogens is 1. The summed E-state index contributed by atoms with van der Waals surface area (Å²) in [6.07, 6.45) is 6.34. The minimum atomic E-state index is -0.364. The van der Waals surface area contributed by atoms with Crippen molar-refractivity contribution < 1.29 is 9.13 Å². The second kappa shape index (κ2) is 5.44. The SMILES string of the molecule is COc1cc2c(cc1F)[nH]c(=S)n2CC1(C)CCCCC1. The number of H-pyrrole nitrogens is 1. The lowest BCUT2D eigenvalue weighted by atomic mass is 9.75. The van der Waals surface area contributed by atoms with Crippen LogP contribution in [0.15, 0.2) is 12.1 Å². The van der Waals surface area contributed by atoms with E-state index in [9.17, 15) is 4.39 Å². The van der Waals surface area contributed by atoms with Crippen molar-refractivity contribution in [3.63, 3.8) is 0 Å². The standard InChI is InChI=1S/C16H21FN2OS/c1-16(6-4-3-5-7-16)10-19-13-9-14(20-2)11(17)8-12(13)18-15(19)21/h8-9H,3-7,10H2,1-2H3,(H,18,21). The van der Waals surface area contributed by atoms with Crippen molar-refractivity contribution >= 4 is 23.3 Å². The molecule has 0 saturated heterocycles. The molecule has 1 fully saturated rings. The number of nitrogens with zero attached hydrogens (tertiary/aromatic N) is 1. The molecule has 0 radical (unpaired) electrons. The molecule has 0 unspecified atom stereocenters. The number of aromatic amines is 1. The first-order valence-electron chi connectivity index (χ1n) is 7.48. The monoisotopic (exact) mass is 308 g/mol. The zero-order chi connectivity index (χ0) is 15.0. The van der Waals surface area contributed by atoms with Crippen molar-refractivity contribution in [3.05, 3.63) is 22.7 Å². The number of imidazole rings is 1. The zero-order valence-electron chi connectivity index (χ0n) is 12.5. The molecule has 1 heterocycles. The van der Waals surface area contributed by atoms with Crippen LogP contribution in [0, 0.1) is 16.0 Å². The van der Waals surface area contributed by atoms with Gasteiger partial charge in [-0.2, -0.15) is 0 Å². The third-order valence-corrected chi connectivity index (χ3v) is 4.97. The van der Waals surface area contributed by atoms with Gasteiger partial charge in [-0.3, -0.25) is 0 Å². The fourth-order valence-electron chi connectivity index (χ4n) is 3.42. The summed E-state index contributed by atoms with van der Waals surface area (Å²) < 4.78 is 21.7. The molecule has 0 spiro atoms. The summed E-state index contributed by atoms with van der Waals surface area (Å²) in [6.45, 7) is 3.20. The minimum absolute atomic E-state index is 0.263. The van der Waals surface area contributed by atoms with E-state index >= 15 is 0 Å². The van der Waals surface area contributed by atoms with Crippen molar-refractivity contribution in [2.45, 2.75) is 45.6 Å². The molecule has 1 N–H and O–H groups in total. The van der Waals surface area contributed by atoms with E-state index in [-0.39, 0.29) is 17.0 Å². The van der Waals surface area contributed by atoms with Crippen LogP contribution < -0.4 is 4.74 Å². The average molecular weight is 308 g/mol. The van der Waals surface area contributed by atoms with E-state index < -0.39 is 0 Å². The van der Waals surface area contributed by atoms with Crippen LogP contribution in [0.25, 0.3) is 11.0 Å². The summed E-state index contributed by atoms with van der Waals surface area (Å²) >= 11 is 5.44. The van der Waals surface area contributed by atoms with E-state index in [0.29, 0.717) is 4.77 Å². The first kappa shape index (κ1) is 14.6. The Hall–Kier alpha value is -1.36. The average Bonchev–Trinajstić information content (AvgIpc) is 2.73. The number of ether oxygens (including phenoxy) is 1. The highest BCUT2D eigenvalue weighted by molar-refractivity contribution is 7.71. The van der Waals surface area contributed by atoms with Gasteiger partial charge in [-0.15, -0.1) is 0 Å². The number of rotatable bonds is 3. The summed E-state index contributed by atoms with van der Waals surface area (Å²) in [5.41, 5.74) is 1.93. The van der Waals surface area contributed by atoms with E-state index in [0.717, 1.165) is 17.6 Å². The first-order chi connectivity index (χ1) is 10.0. The number of fused-ring (bicyclic) bond motifs is 1. The molecule has 1 aliphatic carbocycles. The second-order valence-corrected chi connectivity index (χ2v) is 6.78. The number of aromatic nitrogens is 2. The second-order valence-electron chi connectivity index (χ2n) is 6.39. The topological polar surface area (TPSA) is 29.9 Å². The fourth-order valence-corrected chi connectivity index (χ4v) is 3.69. The maximum Gasteiger partial charge on any atom is 0.178 e. The molecule has 0 bridgehead atoms. The molecular weight excluding hydrogens is 287 g/mol. The summed E-state index contributed by atoms with van der Waals surface area (Å²) in [4.78, 5) is 3.11. The van der Waals surface area contributed by atoms with Gasteiger partial charge < -0.3 is 14.3 Å². The number of hydrogen-bond acceptors (Lipinski definition) is 2. The molecule has 114 valence electrons. The Morgan fingerprint density at radius 1 is 1.33 bits per heavy atom. The zero-order valence-corrected chi connectivity index (χ0v) is 13.4. The molecule has 1 saturated carbocycles. The van der Waals surface area contributed by atoms with Crippen molar-refractivity contribution in [1.29, 1.82) is 0 Å². The van der Waals surface area contributed by atoms with Crippen LogP contribution >= 0.6 is 12.2 Å². The molecule has 21 heavy (non-hydrogen) atoms. The van der Waals surface area contributed by atoms with E-state index in [1.54, 1.807) is 6.07 Å². The minimum Gasteiger partial charge on any atom is -0.494 e. The summed E-state index contributed by atoms with van der Waals surface area (Å²) in [7, 11) is 1.48. The Bertz CT molecular complexity index is 713. The Kier molecular flexibility index (Phi) is 3.78. The molecule has 3 rings (SSSR count). The molecule has 0 amide bonds. The predicted octanol–water partition coefficient (Wildman–Crippen LogP) is 4.82. The van der Waals surface area contributed by atoms with Crippen molar-refractivity contribution in [2.75, 3.05) is 7.11 Å². The van der Waals surface area contributed by atoms with Crippen LogP contribution in [0.2, 0.25) is 0 Å². The Balaban J connectivity index is 2.05. The van der Waals surface area contributed by atoms with Crippen molar-refractivity contribution in [1.82, 2.24) is 9.55 Å². The van der Waals surface area contributed by atoms with E-state index in [4.69, 9.17) is 17.0 Å². The first-order valence-corrected chi connectivity index (χ1v) is 7.89. The van der Waals surface area contributed by atoms with Gasteiger partial charge in [0.05, 0.1) is 18.1 Å². The smallest absolute Gasteiger partial charge is 0.178 e. The number of nitrogens with one attached hydrogen (secondary N) is 1. The molecule has 2 aromatic rings. The van der Waals surface area contributed by atoms with Crippen LogP contribution in [0.1, 0.15) is 39.0 Å². The number of benzene rings is 1. The molecule has 0 atom stereocenters. The molecule has 1 aliphatic rings. The van der Waals surface area contributed by atoms with Gasteiger partial charge in [-0.05, 0) is 30.5 Å². The molecule has 1 aromatic carbocycles. The third-order valence-electron chi connectivity index (χ3n) is 4.65. The molecule has 3 nitrogen and oxygen atoms in total. The summed E-state index contributed by atoms with van der Waals surface area (Å²) in [5.74, 6) is -0.101. The maximum absolute atomic E-state index is 13.8. The van der Waals surface area contributed by atoms with Crippen molar-refractivity contribution in [3.8, 4) is 5.75 Å². The maximum atomic E-state index is 13.8. The summed E-state index contributed by atoms with van der Waals surface area (Å²) in [6, 6.07) is 3.20. The van der Waals surface area contributed by atoms with Crippen LogP contribution in [0.4, 0.5) is 4.39 Å². The highest BCUT2D eigenvalue weighted by Crippen LogP contribution is 2.38. The Morgan fingerprint density at radius 2 is 2.05 bits per heavy atom. The third kappa shape index (κ3) is 2.71. The van der Waals surface area contributed by atoms with Gasteiger partial charge in [-0.25, -0.2) is 4.39 Å². The largest absolute Gasteiger partial charge is 0.494 e. The van der Waals surface area contributed by atoms with Gasteiger partial charge in [0.2, 0.25) is 0 Å². The van der Waals surface area contributed by atoms with Crippen LogP contribution in [-0.2, 0) is 6.54 Å². The Labute approximate surface area is 129 Å². The lowest BCUT2D eigenvalue weighted by molar-refractivity contribution is 0.184. The lowest BCUT2D eigenvalue weighted by Crippen LogP contribution is -2.26. The quantitative estimate of drug-likeness (QED) is 0.824. The number of methoxy groups -OCH3 is 1. The highest BCUT2D eigenvalue weighted by atomic mass is 32.1. The number of hydrogen-bond donors (Lipinski definition) is 1. The van der Waals surface area contributed by atoms with Gasteiger partial charge in [0.1, 0.15) is 0 Å². The van der Waals surface area contributed by atoms with Crippen LogP contribution in [-0.4, -0.2) is 16.7 Å². The Morgan fingerprint density at radius 3 is 2.71 bits per heavy atom. The van der Waals surface area contributed by atoms with Gasteiger partial charge in [0, 0.05) is 18.7 Å². The van der Waals surface area contributed by atoms with Gasteiger partial charge in [-0.1, -0.05) is 26.2 Å². The van der Waals surface area contributed by atoms with Crippen LogP contribution in [0.5, 0.6) is 5.75 Å².